The van der Waals surface area contributed by atoms with Crippen LogP contribution in [-0.2, 0) is 21.5 Å². The molecule has 166 valence electrons. The number of imide groups is 1. The number of fused-ring (bicyclic) bond motifs is 1. The highest BCUT2D eigenvalue weighted by Gasteiger charge is 2.52. The van der Waals surface area contributed by atoms with Crippen molar-refractivity contribution in [1.29, 1.82) is 0 Å². The average Bonchev–Trinajstić information content (AvgIpc) is 3.39. The van der Waals surface area contributed by atoms with Crippen LogP contribution in [0.25, 0.3) is 0 Å². The summed E-state index contributed by atoms with van der Waals surface area (Å²) >= 11 is 0. The van der Waals surface area contributed by atoms with E-state index in [2.05, 4.69) is 10.6 Å². The molecule has 0 spiro atoms. The van der Waals surface area contributed by atoms with E-state index < -0.39 is 29.9 Å². The number of urea groups is 1. The molecule has 4 amide bonds. The Kier molecular flexibility index (Phi) is 5.18. The number of carbonyl (C=O) groups is 3. The minimum absolute atomic E-state index is 0.123. The minimum atomic E-state index is -1.29. The van der Waals surface area contributed by atoms with Crippen LogP contribution in [0.2, 0.25) is 0 Å². The van der Waals surface area contributed by atoms with E-state index in [0.29, 0.717) is 22.7 Å². The fraction of sp³-hybridized carbons (Fsp3) is 0.160. The lowest BCUT2D eigenvalue weighted by Crippen LogP contribution is -2.46. The molecule has 0 aliphatic carbocycles. The van der Waals surface area contributed by atoms with E-state index in [1.165, 1.54) is 0 Å². The molecule has 0 unspecified atom stereocenters. The molecule has 1 saturated heterocycles. The number of amides is 4. The van der Waals surface area contributed by atoms with Crippen molar-refractivity contribution in [1.82, 2.24) is 10.2 Å². The third-order valence-corrected chi connectivity index (χ3v) is 5.71. The van der Waals surface area contributed by atoms with Crippen LogP contribution in [0.1, 0.15) is 11.1 Å². The third-order valence-electron chi connectivity index (χ3n) is 5.71. The Morgan fingerprint density at radius 2 is 1.64 bits per heavy atom. The molecule has 3 aromatic rings. The lowest BCUT2D eigenvalue weighted by molar-refractivity contribution is -0.134. The van der Waals surface area contributed by atoms with Crippen LogP contribution in [0.4, 0.5) is 10.5 Å². The number of anilines is 1. The van der Waals surface area contributed by atoms with Gasteiger partial charge in [0.15, 0.2) is 17.0 Å². The number of carbonyl (C=O) groups excluding carboxylic acids is 3. The lowest BCUT2D eigenvalue weighted by Gasteiger charge is -2.27. The first-order valence-electron chi connectivity index (χ1n) is 10.5. The number of hydrogen-bond acceptors (Lipinski definition) is 5. The predicted molar refractivity (Wildman–Crippen MR) is 120 cm³/mol. The Bertz CT molecular complexity index is 1220. The number of nitrogens with one attached hydrogen (secondary N) is 2. The molecule has 0 saturated carbocycles. The predicted octanol–water partition coefficient (Wildman–Crippen LogP) is 3.04. The van der Waals surface area contributed by atoms with Gasteiger partial charge in [0, 0.05) is 18.2 Å². The molecule has 33 heavy (non-hydrogen) atoms. The van der Waals surface area contributed by atoms with E-state index in [9.17, 15) is 14.4 Å². The Balaban J connectivity index is 1.38. The first-order chi connectivity index (χ1) is 16.0. The maximum atomic E-state index is 13.6. The molecule has 2 aliphatic rings. The fourth-order valence-corrected chi connectivity index (χ4v) is 4.13. The van der Waals surface area contributed by atoms with Crippen LogP contribution in [0.15, 0.2) is 78.9 Å². The monoisotopic (exact) mass is 443 g/mol. The second-order valence-corrected chi connectivity index (χ2v) is 7.87. The first kappa shape index (κ1) is 20.6. The van der Waals surface area contributed by atoms with E-state index in [1.54, 1.807) is 30.3 Å². The zero-order valence-electron chi connectivity index (χ0n) is 17.6. The highest BCUT2D eigenvalue weighted by Crippen LogP contribution is 2.35. The quantitative estimate of drug-likeness (QED) is 0.571. The van der Waals surface area contributed by atoms with Crippen LogP contribution in [0.5, 0.6) is 11.5 Å². The van der Waals surface area contributed by atoms with Crippen molar-refractivity contribution < 1.29 is 23.9 Å². The van der Waals surface area contributed by atoms with Crippen molar-refractivity contribution in [2.24, 2.45) is 0 Å². The molecule has 2 aliphatic heterocycles. The van der Waals surface area contributed by atoms with Crippen molar-refractivity contribution >= 4 is 23.5 Å². The molecule has 2 N–H and O–H groups in total. The molecule has 8 heteroatoms. The van der Waals surface area contributed by atoms with Gasteiger partial charge in [0.2, 0.25) is 12.7 Å². The Hall–Kier alpha value is -4.33. The Morgan fingerprint density at radius 1 is 0.939 bits per heavy atom. The molecule has 0 radical (unpaired) electrons. The van der Waals surface area contributed by atoms with E-state index in [1.807, 2.05) is 48.5 Å². The van der Waals surface area contributed by atoms with Gasteiger partial charge in [0.1, 0.15) is 6.54 Å². The maximum absolute atomic E-state index is 13.6. The van der Waals surface area contributed by atoms with Crippen LogP contribution >= 0.6 is 0 Å². The molecule has 0 bridgehead atoms. The van der Waals surface area contributed by atoms with Gasteiger partial charge >= 0.3 is 6.03 Å². The smallest absolute Gasteiger partial charge is 0.325 e. The van der Waals surface area contributed by atoms with Gasteiger partial charge in [0.05, 0.1) is 0 Å². The van der Waals surface area contributed by atoms with Crippen molar-refractivity contribution in [2.75, 3.05) is 18.7 Å². The van der Waals surface area contributed by atoms with E-state index in [0.717, 1.165) is 10.5 Å². The second-order valence-electron chi connectivity index (χ2n) is 7.87. The van der Waals surface area contributed by atoms with Crippen molar-refractivity contribution in [3.05, 3.63) is 90.0 Å². The second kappa shape index (κ2) is 8.31. The third kappa shape index (κ3) is 3.87. The summed E-state index contributed by atoms with van der Waals surface area (Å²) in [5, 5.41) is 5.56. The van der Waals surface area contributed by atoms with Crippen molar-refractivity contribution in [3.8, 4) is 11.5 Å². The average molecular weight is 443 g/mol. The molecule has 0 aromatic heterocycles. The summed E-state index contributed by atoms with van der Waals surface area (Å²) < 4.78 is 10.6. The number of hydrogen-bond donors (Lipinski definition) is 2. The largest absolute Gasteiger partial charge is 0.454 e. The topological polar surface area (TPSA) is 97.0 Å². The number of nitrogens with zero attached hydrogens (tertiary/aromatic N) is 1. The summed E-state index contributed by atoms with van der Waals surface area (Å²) in [6, 6.07) is 22.9. The summed E-state index contributed by atoms with van der Waals surface area (Å²) in [4.78, 5) is 40.2. The van der Waals surface area contributed by atoms with E-state index >= 15 is 0 Å². The Morgan fingerprint density at radius 3 is 2.39 bits per heavy atom. The van der Waals surface area contributed by atoms with Crippen LogP contribution in [0.3, 0.4) is 0 Å². The summed E-state index contributed by atoms with van der Waals surface area (Å²) in [5.74, 6) is 0.147. The van der Waals surface area contributed by atoms with Gasteiger partial charge in [0.25, 0.3) is 5.91 Å². The van der Waals surface area contributed by atoms with Crippen molar-refractivity contribution in [3.63, 3.8) is 0 Å². The molecular formula is C25H21N3O5. The fourth-order valence-electron chi connectivity index (χ4n) is 4.13. The lowest BCUT2D eigenvalue weighted by atomic mass is 9.83. The van der Waals surface area contributed by atoms with Gasteiger partial charge in [-0.05, 0) is 23.3 Å². The molecule has 8 nitrogen and oxygen atoms in total. The molecule has 1 fully saturated rings. The van der Waals surface area contributed by atoms with Gasteiger partial charge in [-0.15, -0.1) is 0 Å². The van der Waals surface area contributed by atoms with Crippen LogP contribution < -0.4 is 20.1 Å². The maximum Gasteiger partial charge on any atom is 0.325 e. The number of rotatable bonds is 6. The summed E-state index contributed by atoms with van der Waals surface area (Å²) in [5.41, 5.74) is 0.737. The first-order valence-corrected chi connectivity index (χ1v) is 10.5. The summed E-state index contributed by atoms with van der Waals surface area (Å²) in [7, 11) is 0. The van der Waals surface area contributed by atoms with Crippen LogP contribution in [0, 0.1) is 0 Å². The van der Waals surface area contributed by atoms with Crippen molar-refractivity contribution in [2.45, 2.75) is 12.0 Å². The minimum Gasteiger partial charge on any atom is -0.454 e. The number of benzene rings is 3. The highest BCUT2D eigenvalue weighted by molar-refractivity contribution is 6.10. The highest BCUT2D eigenvalue weighted by atomic mass is 16.7. The normalized spacial score (nSPS) is 18.8. The SMILES string of the molecule is O=C(CN1C(=O)N[C@@](Cc2ccccc2)(c2ccccc2)C1=O)Nc1ccc2c(c1)OCO2. The summed E-state index contributed by atoms with van der Waals surface area (Å²) in [6.07, 6.45) is 0.267. The summed E-state index contributed by atoms with van der Waals surface area (Å²) in [6.45, 7) is -0.291. The standard InChI is InChI=1S/C25H21N3O5/c29-22(26-19-11-12-20-21(13-19)33-16-32-20)15-28-23(30)25(27-24(28)31,18-9-5-2-6-10-18)14-17-7-3-1-4-8-17/h1-13H,14-16H2,(H,26,29)(H,27,31)/t25-/m0/s1. The molecule has 1 atom stereocenters. The Labute approximate surface area is 190 Å². The van der Waals surface area contributed by atoms with Gasteiger partial charge < -0.3 is 20.1 Å². The van der Waals surface area contributed by atoms with Gasteiger partial charge in [-0.2, -0.15) is 0 Å². The zero-order valence-corrected chi connectivity index (χ0v) is 17.6. The van der Waals surface area contributed by atoms with Gasteiger partial charge in [-0.25, -0.2) is 4.79 Å². The molecule has 5 rings (SSSR count). The number of ether oxygens (including phenoxy) is 2. The zero-order chi connectivity index (χ0) is 22.8. The molecule has 2 heterocycles. The molecular weight excluding hydrogens is 422 g/mol. The molecule has 3 aromatic carbocycles. The van der Waals surface area contributed by atoms with E-state index in [-0.39, 0.29) is 13.2 Å². The van der Waals surface area contributed by atoms with Crippen LogP contribution in [-0.4, -0.2) is 36.1 Å². The van der Waals surface area contributed by atoms with Gasteiger partial charge in [-0.3, -0.25) is 14.5 Å². The van der Waals surface area contributed by atoms with Gasteiger partial charge in [-0.1, -0.05) is 60.7 Å². The van der Waals surface area contributed by atoms with E-state index in [4.69, 9.17) is 9.47 Å².